The van der Waals surface area contributed by atoms with Gasteiger partial charge in [-0.15, -0.1) is 0 Å². The molecule has 0 aliphatic carbocycles. The topological polar surface area (TPSA) is 76.3 Å². The van der Waals surface area contributed by atoms with Crippen LogP contribution in [0.1, 0.15) is 30.1 Å². The number of primary amides is 1. The average molecular weight is 253 g/mol. The lowest BCUT2D eigenvalue weighted by molar-refractivity contribution is -0.118. The molecule has 1 rings (SSSR count). The molecule has 0 aliphatic rings. The predicted molar refractivity (Wildman–Crippen MR) is 64.2 cm³/mol. The average Bonchev–Trinajstić information content (AvgIpc) is 2.34. The Morgan fingerprint density at radius 3 is 2.78 bits per heavy atom. The lowest BCUT2D eigenvalue weighted by Gasteiger charge is -2.20. The van der Waals surface area contributed by atoms with Crippen LogP contribution in [0.4, 0.5) is 4.39 Å². The molecule has 6 heteroatoms. The second kappa shape index (κ2) is 6.68. The molecule has 2 N–H and O–H groups in total. The molecule has 1 aromatic heterocycles. The first-order valence-corrected chi connectivity index (χ1v) is 5.74. The zero-order chi connectivity index (χ0) is 13.5. The Hall–Kier alpha value is -1.98. The van der Waals surface area contributed by atoms with Gasteiger partial charge in [-0.05, 0) is 18.6 Å². The van der Waals surface area contributed by atoms with E-state index in [4.69, 9.17) is 5.73 Å². The fourth-order valence-corrected chi connectivity index (χ4v) is 1.51. The second-order valence-corrected chi connectivity index (χ2v) is 3.89. The molecular formula is C12H16FN3O2. The molecule has 0 saturated heterocycles. The van der Waals surface area contributed by atoms with Crippen LogP contribution in [0, 0.1) is 5.95 Å². The van der Waals surface area contributed by atoms with Crippen LogP contribution >= 0.6 is 0 Å². The van der Waals surface area contributed by atoms with Crippen molar-refractivity contribution in [2.24, 2.45) is 5.73 Å². The summed E-state index contributed by atoms with van der Waals surface area (Å²) in [6.45, 7) is 2.11. The summed E-state index contributed by atoms with van der Waals surface area (Å²) in [5.74, 6) is -2.02. The SMILES string of the molecule is CCCCN(CC(N)=O)C(=O)c1cccnc1F. The van der Waals surface area contributed by atoms with Gasteiger partial charge < -0.3 is 10.6 Å². The lowest BCUT2D eigenvalue weighted by Crippen LogP contribution is -2.39. The van der Waals surface area contributed by atoms with Gasteiger partial charge in [0.1, 0.15) is 0 Å². The highest BCUT2D eigenvalue weighted by molar-refractivity contribution is 5.96. The molecule has 0 unspecified atom stereocenters. The highest BCUT2D eigenvalue weighted by Gasteiger charge is 2.20. The number of nitrogens with zero attached hydrogens (tertiary/aromatic N) is 2. The van der Waals surface area contributed by atoms with Crippen LogP contribution in [0.2, 0.25) is 0 Å². The van der Waals surface area contributed by atoms with Crippen LogP contribution in [0.25, 0.3) is 0 Å². The number of unbranched alkanes of at least 4 members (excludes halogenated alkanes) is 1. The van der Waals surface area contributed by atoms with Gasteiger partial charge in [-0.1, -0.05) is 13.3 Å². The van der Waals surface area contributed by atoms with Gasteiger partial charge in [0.05, 0.1) is 12.1 Å². The number of hydrogen-bond donors (Lipinski definition) is 1. The summed E-state index contributed by atoms with van der Waals surface area (Å²) in [4.78, 5) is 27.6. The van der Waals surface area contributed by atoms with Gasteiger partial charge in [-0.3, -0.25) is 9.59 Å². The minimum absolute atomic E-state index is 0.144. The first-order chi connectivity index (χ1) is 8.56. The van der Waals surface area contributed by atoms with Crippen LogP contribution in [-0.4, -0.2) is 34.8 Å². The van der Waals surface area contributed by atoms with Gasteiger partial charge in [0.25, 0.3) is 5.91 Å². The standard InChI is InChI=1S/C12H16FN3O2/c1-2-3-7-16(8-10(14)17)12(18)9-5-4-6-15-11(9)13/h4-6H,2-3,7-8H2,1H3,(H2,14,17). The van der Waals surface area contributed by atoms with Crippen LogP contribution in [0.5, 0.6) is 0 Å². The zero-order valence-corrected chi connectivity index (χ0v) is 10.2. The van der Waals surface area contributed by atoms with Gasteiger partial charge in [0.2, 0.25) is 11.9 Å². The Bertz CT molecular complexity index is 437. The molecule has 5 nitrogen and oxygen atoms in total. The third-order valence-electron chi connectivity index (χ3n) is 2.40. The Balaban J connectivity index is 2.87. The monoisotopic (exact) mass is 253 g/mol. The minimum atomic E-state index is -0.839. The normalized spacial score (nSPS) is 10.1. The van der Waals surface area contributed by atoms with E-state index in [2.05, 4.69) is 4.98 Å². The van der Waals surface area contributed by atoms with E-state index in [1.165, 1.54) is 23.2 Å². The molecule has 0 fully saturated rings. The molecule has 98 valence electrons. The van der Waals surface area contributed by atoms with Gasteiger partial charge >= 0.3 is 0 Å². The van der Waals surface area contributed by atoms with E-state index in [0.717, 1.165) is 12.8 Å². The second-order valence-electron chi connectivity index (χ2n) is 3.89. The number of aromatic nitrogens is 1. The number of halogens is 1. The number of carbonyl (C=O) groups excluding carboxylic acids is 2. The number of pyridine rings is 1. The predicted octanol–water partition coefficient (Wildman–Crippen LogP) is 0.948. The molecule has 0 bridgehead atoms. The van der Waals surface area contributed by atoms with E-state index in [-0.39, 0.29) is 12.1 Å². The summed E-state index contributed by atoms with van der Waals surface area (Å²) in [6.07, 6.45) is 2.84. The Morgan fingerprint density at radius 1 is 1.50 bits per heavy atom. The quantitative estimate of drug-likeness (QED) is 0.767. The van der Waals surface area contributed by atoms with Crippen LogP contribution < -0.4 is 5.73 Å². The van der Waals surface area contributed by atoms with Crippen molar-refractivity contribution in [1.82, 2.24) is 9.88 Å². The Labute approximate surface area is 105 Å². The summed E-state index contributed by atoms with van der Waals surface area (Å²) < 4.78 is 13.4. The van der Waals surface area contributed by atoms with E-state index in [9.17, 15) is 14.0 Å². The van der Waals surface area contributed by atoms with E-state index < -0.39 is 17.8 Å². The molecule has 0 saturated carbocycles. The summed E-state index contributed by atoms with van der Waals surface area (Å²) in [7, 11) is 0. The smallest absolute Gasteiger partial charge is 0.258 e. The van der Waals surface area contributed by atoms with Crippen molar-refractivity contribution in [3.8, 4) is 0 Å². The molecule has 1 heterocycles. The van der Waals surface area contributed by atoms with Crippen molar-refractivity contribution >= 4 is 11.8 Å². The van der Waals surface area contributed by atoms with Crippen LogP contribution in [0.3, 0.4) is 0 Å². The number of carbonyl (C=O) groups is 2. The van der Waals surface area contributed by atoms with Gasteiger partial charge in [-0.25, -0.2) is 4.98 Å². The van der Waals surface area contributed by atoms with E-state index in [1.807, 2.05) is 6.92 Å². The Kier molecular flexibility index (Phi) is 5.23. The minimum Gasteiger partial charge on any atom is -0.368 e. The molecule has 0 spiro atoms. The first-order valence-electron chi connectivity index (χ1n) is 5.74. The zero-order valence-electron chi connectivity index (χ0n) is 10.2. The Morgan fingerprint density at radius 2 is 2.22 bits per heavy atom. The molecule has 0 aliphatic heterocycles. The van der Waals surface area contributed by atoms with E-state index >= 15 is 0 Å². The van der Waals surface area contributed by atoms with Gasteiger partial charge in [0, 0.05) is 12.7 Å². The van der Waals surface area contributed by atoms with E-state index in [0.29, 0.717) is 6.54 Å². The van der Waals surface area contributed by atoms with Crippen molar-refractivity contribution in [2.45, 2.75) is 19.8 Å². The molecule has 18 heavy (non-hydrogen) atoms. The highest BCUT2D eigenvalue weighted by atomic mass is 19.1. The van der Waals surface area contributed by atoms with Crippen molar-refractivity contribution in [2.75, 3.05) is 13.1 Å². The van der Waals surface area contributed by atoms with E-state index in [1.54, 1.807) is 0 Å². The molecule has 0 radical (unpaired) electrons. The maximum atomic E-state index is 13.4. The summed E-state index contributed by atoms with van der Waals surface area (Å²) >= 11 is 0. The van der Waals surface area contributed by atoms with Gasteiger partial charge in [0.15, 0.2) is 0 Å². The summed E-state index contributed by atoms with van der Waals surface area (Å²) in [5, 5.41) is 0. The molecule has 0 aromatic carbocycles. The number of rotatable bonds is 6. The van der Waals surface area contributed by atoms with Gasteiger partial charge in [-0.2, -0.15) is 4.39 Å². The third kappa shape index (κ3) is 3.80. The summed E-state index contributed by atoms with van der Waals surface area (Å²) in [5.41, 5.74) is 4.93. The number of nitrogens with two attached hydrogens (primary N) is 1. The summed E-state index contributed by atoms with van der Waals surface area (Å²) in [6, 6.07) is 2.81. The third-order valence-corrected chi connectivity index (χ3v) is 2.40. The van der Waals surface area contributed by atoms with Crippen LogP contribution in [0.15, 0.2) is 18.3 Å². The maximum Gasteiger partial charge on any atom is 0.258 e. The lowest BCUT2D eigenvalue weighted by atomic mass is 10.2. The number of hydrogen-bond acceptors (Lipinski definition) is 3. The molecular weight excluding hydrogens is 237 g/mol. The van der Waals surface area contributed by atoms with Crippen molar-refractivity contribution in [3.05, 3.63) is 29.8 Å². The fourth-order valence-electron chi connectivity index (χ4n) is 1.51. The highest BCUT2D eigenvalue weighted by Crippen LogP contribution is 2.08. The molecule has 0 atom stereocenters. The number of amides is 2. The molecule has 1 aromatic rings. The fraction of sp³-hybridized carbons (Fsp3) is 0.417. The molecule has 2 amide bonds. The largest absolute Gasteiger partial charge is 0.368 e. The van der Waals surface area contributed by atoms with Crippen molar-refractivity contribution in [1.29, 1.82) is 0 Å². The maximum absolute atomic E-state index is 13.4. The van der Waals surface area contributed by atoms with Crippen LogP contribution in [-0.2, 0) is 4.79 Å². The van der Waals surface area contributed by atoms with Crippen molar-refractivity contribution in [3.63, 3.8) is 0 Å². The first kappa shape index (κ1) is 14.1. The van der Waals surface area contributed by atoms with Crippen molar-refractivity contribution < 1.29 is 14.0 Å².